The molecule has 0 heterocycles. The van der Waals surface area contributed by atoms with Crippen LogP contribution in [-0.4, -0.2) is 17.3 Å². The summed E-state index contributed by atoms with van der Waals surface area (Å²) in [6.07, 6.45) is 6.14. The van der Waals surface area contributed by atoms with E-state index in [9.17, 15) is 0 Å². The third-order valence-corrected chi connectivity index (χ3v) is 1.04. The van der Waals surface area contributed by atoms with Crippen LogP contribution < -0.4 is 0 Å². The molecule has 0 N–H and O–H groups in total. The van der Waals surface area contributed by atoms with E-state index in [1.54, 1.807) is 0 Å². The lowest BCUT2D eigenvalue weighted by molar-refractivity contribution is -0.448. The van der Waals surface area contributed by atoms with Crippen molar-refractivity contribution in [2.45, 2.75) is 20.8 Å². The van der Waals surface area contributed by atoms with Gasteiger partial charge in [-0.3, -0.25) is 0 Å². The summed E-state index contributed by atoms with van der Waals surface area (Å²) in [5, 5.41) is 0. The van der Waals surface area contributed by atoms with Crippen LogP contribution in [0.4, 0.5) is 0 Å². The highest BCUT2D eigenvalue weighted by Gasteiger charge is 1.85. The van der Waals surface area contributed by atoms with E-state index in [-0.39, 0.29) is 0 Å². The van der Waals surface area contributed by atoms with Crippen molar-refractivity contribution in [2.24, 2.45) is 0 Å². The number of rotatable bonds is 2. The van der Waals surface area contributed by atoms with E-state index in [1.165, 1.54) is 0 Å². The minimum atomic E-state index is 1.06. The van der Waals surface area contributed by atoms with Gasteiger partial charge < -0.3 is 0 Å². The van der Waals surface area contributed by atoms with Gasteiger partial charge in [0.2, 0.25) is 0 Å². The van der Waals surface area contributed by atoms with Gasteiger partial charge >= 0.3 is 0 Å². The van der Waals surface area contributed by atoms with E-state index in [1.807, 2.05) is 19.9 Å². The Hall–Kier alpha value is -0.590. The Morgan fingerprint density at radius 2 is 2.00 bits per heavy atom. The maximum absolute atomic E-state index is 2.12. The molecule has 0 unspecified atom stereocenters. The minimum Gasteiger partial charge on any atom is -0.210 e. The maximum Gasteiger partial charge on any atom is 0.164 e. The van der Waals surface area contributed by atoms with E-state index >= 15 is 0 Å². The molecule has 8 heavy (non-hydrogen) atoms. The summed E-state index contributed by atoms with van der Waals surface area (Å²) in [5.41, 5.74) is 0. The van der Waals surface area contributed by atoms with Gasteiger partial charge in [-0.05, 0) is 19.9 Å². The number of allylic oxidation sites excluding steroid dienone is 1. The average Bonchev–Trinajstić information content (AvgIpc) is 1.83. The van der Waals surface area contributed by atoms with Crippen LogP contribution in [0, 0.1) is 0 Å². The van der Waals surface area contributed by atoms with Crippen molar-refractivity contribution in [1.82, 2.24) is 0 Å². The lowest BCUT2D eigenvalue weighted by atomic mass is 10.6. The van der Waals surface area contributed by atoms with Crippen LogP contribution in [0.5, 0.6) is 0 Å². The molecule has 0 aromatic heterocycles. The van der Waals surface area contributed by atoms with Gasteiger partial charge in [0, 0.05) is 6.92 Å². The summed E-state index contributed by atoms with van der Waals surface area (Å²) in [7, 11) is 0. The summed E-state index contributed by atoms with van der Waals surface area (Å²) in [5.74, 6) is 0. The van der Waals surface area contributed by atoms with Gasteiger partial charge in [-0.2, -0.15) is 0 Å². The molecule has 0 atom stereocenters. The second-order valence-electron chi connectivity index (χ2n) is 1.57. The zero-order valence-electron chi connectivity index (χ0n) is 5.89. The summed E-state index contributed by atoms with van der Waals surface area (Å²) in [6, 6.07) is 0. The van der Waals surface area contributed by atoms with Crippen molar-refractivity contribution in [3.8, 4) is 0 Å². The highest BCUT2D eigenvalue weighted by Crippen LogP contribution is 1.74. The summed E-state index contributed by atoms with van der Waals surface area (Å²) in [4.78, 5) is 0. The Kier molecular flexibility index (Phi) is 4.23. The Bertz CT molecular complexity index is 98.2. The van der Waals surface area contributed by atoms with Gasteiger partial charge in [-0.15, -0.1) is 0 Å². The van der Waals surface area contributed by atoms with Crippen molar-refractivity contribution in [1.29, 1.82) is 0 Å². The molecule has 0 rings (SSSR count). The molecule has 0 saturated heterocycles. The molecule has 0 bridgehead atoms. The van der Waals surface area contributed by atoms with Crippen LogP contribution in [0.1, 0.15) is 20.8 Å². The molecule has 0 saturated carbocycles. The van der Waals surface area contributed by atoms with E-state index in [2.05, 4.69) is 23.9 Å². The number of hydrogen-bond acceptors (Lipinski definition) is 0. The van der Waals surface area contributed by atoms with Crippen LogP contribution in [0.15, 0.2) is 12.3 Å². The fourth-order valence-electron chi connectivity index (χ4n) is 0.566. The lowest BCUT2D eigenvalue weighted by Gasteiger charge is -1.85. The SMILES string of the molecule is CC=C[N+](=CC)CC. The Morgan fingerprint density at radius 3 is 2.12 bits per heavy atom. The molecule has 0 aliphatic heterocycles. The first-order valence-electron chi connectivity index (χ1n) is 3.03. The number of nitrogens with zero attached hydrogens (tertiary/aromatic N) is 1. The van der Waals surface area contributed by atoms with Crippen molar-refractivity contribution < 1.29 is 4.58 Å². The number of hydrogen-bond donors (Lipinski definition) is 0. The van der Waals surface area contributed by atoms with Crippen LogP contribution in [0.3, 0.4) is 0 Å². The predicted octanol–water partition coefficient (Wildman–Crippen LogP) is 1.64. The summed E-state index contributed by atoms with van der Waals surface area (Å²) >= 11 is 0. The molecule has 0 amide bonds. The van der Waals surface area contributed by atoms with Gasteiger partial charge in [0.15, 0.2) is 6.20 Å². The van der Waals surface area contributed by atoms with Gasteiger partial charge in [0.1, 0.15) is 12.8 Å². The van der Waals surface area contributed by atoms with Crippen LogP contribution in [0.25, 0.3) is 0 Å². The fraction of sp³-hybridized carbons (Fsp3) is 0.571. The monoisotopic (exact) mass is 112 g/mol. The second kappa shape index (κ2) is 4.57. The molecule has 46 valence electrons. The van der Waals surface area contributed by atoms with Crippen molar-refractivity contribution in [2.75, 3.05) is 6.54 Å². The van der Waals surface area contributed by atoms with Crippen LogP contribution in [-0.2, 0) is 0 Å². The molecule has 0 aromatic carbocycles. The zero-order valence-corrected chi connectivity index (χ0v) is 5.89. The molecule has 0 aromatic rings. The van der Waals surface area contributed by atoms with Gasteiger partial charge in [0.25, 0.3) is 0 Å². The third kappa shape index (κ3) is 2.56. The molecule has 1 heteroatoms. The molecular formula is C7H14N+. The minimum absolute atomic E-state index is 1.06. The van der Waals surface area contributed by atoms with E-state index < -0.39 is 0 Å². The van der Waals surface area contributed by atoms with E-state index in [0.29, 0.717) is 0 Å². The smallest absolute Gasteiger partial charge is 0.164 e. The highest BCUT2D eigenvalue weighted by molar-refractivity contribution is 5.47. The molecule has 1 nitrogen and oxygen atoms in total. The first kappa shape index (κ1) is 7.41. The fourth-order valence-corrected chi connectivity index (χ4v) is 0.566. The molecule has 0 radical (unpaired) electrons. The van der Waals surface area contributed by atoms with Crippen molar-refractivity contribution in [3.63, 3.8) is 0 Å². The lowest BCUT2D eigenvalue weighted by Crippen LogP contribution is -2.01. The molecule has 0 spiro atoms. The maximum atomic E-state index is 2.12. The molecular weight excluding hydrogens is 98.1 g/mol. The Balaban J connectivity index is 3.72. The molecule has 0 aliphatic rings. The Labute approximate surface area is 51.3 Å². The van der Waals surface area contributed by atoms with E-state index in [4.69, 9.17) is 0 Å². The topological polar surface area (TPSA) is 3.01 Å². The zero-order chi connectivity index (χ0) is 6.41. The standard InChI is InChI=1S/C7H14N/c1-4-7-8(5-2)6-3/h4-5,7H,6H2,1-3H3/q+1. The van der Waals surface area contributed by atoms with Crippen LogP contribution in [0.2, 0.25) is 0 Å². The van der Waals surface area contributed by atoms with Gasteiger partial charge in [-0.1, -0.05) is 0 Å². The quantitative estimate of drug-likeness (QED) is 0.377. The first-order valence-corrected chi connectivity index (χ1v) is 3.03. The van der Waals surface area contributed by atoms with Gasteiger partial charge in [0.05, 0.1) is 0 Å². The van der Waals surface area contributed by atoms with Crippen LogP contribution >= 0.6 is 0 Å². The predicted molar refractivity (Wildman–Crippen MR) is 37.4 cm³/mol. The summed E-state index contributed by atoms with van der Waals surface area (Å²) < 4.78 is 2.12. The first-order chi connectivity index (χ1) is 3.85. The molecule has 0 fully saturated rings. The van der Waals surface area contributed by atoms with Crippen molar-refractivity contribution in [3.05, 3.63) is 12.3 Å². The Morgan fingerprint density at radius 1 is 1.38 bits per heavy atom. The third-order valence-electron chi connectivity index (χ3n) is 1.04. The molecule has 0 aliphatic carbocycles. The van der Waals surface area contributed by atoms with E-state index in [0.717, 1.165) is 6.54 Å². The largest absolute Gasteiger partial charge is 0.210 e. The normalized spacial score (nSPS) is 13.1. The summed E-state index contributed by atoms with van der Waals surface area (Å²) in [6.45, 7) is 7.23. The highest BCUT2D eigenvalue weighted by atomic mass is 15.0. The second-order valence-corrected chi connectivity index (χ2v) is 1.57. The van der Waals surface area contributed by atoms with Gasteiger partial charge in [-0.25, -0.2) is 4.58 Å². The van der Waals surface area contributed by atoms with Crippen molar-refractivity contribution >= 4 is 6.21 Å². The average molecular weight is 112 g/mol.